The molecule has 2 aliphatic heterocycles. The summed E-state index contributed by atoms with van der Waals surface area (Å²) >= 11 is 0. The summed E-state index contributed by atoms with van der Waals surface area (Å²) in [6.07, 6.45) is 5.29. The Morgan fingerprint density at radius 1 is 1.26 bits per heavy atom. The van der Waals surface area contributed by atoms with Gasteiger partial charge < -0.3 is 5.48 Å². The first-order valence-electron chi connectivity index (χ1n) is 7.03. The Labute approximate surface area is 134 Å². The molecule has 3 amide bonds. The molecular formula is C16H19N4O3+. The third kappa shape index (κ3) is 2.91. The fraction of sp³-hybridized carbons (Fsp3) is 0.250. The fourth-order valence-electron chi connectivity index (χ4n) is 2.57. The third-order valence-electron chi connectivity index (χ3n) is 3.78. The Morgan fingerprint density at radius 2 is 1.96 bits per heavy atom. The van der Waals surface area contributed by atoms with E-state index in [-0.39, 0.29) is 24.0 Å². The molecule has 0 bridgehead atoms. The minimum Gasteiger partial charge on any atom is -0.412 e. The van der Waals surface area contributed by atoms with E-state index in [0.717, 1.165) is 5.56 Å². The quantitative estimate of drug-likeness (QED) is 0.747. The molecule has 0 aromatic heterocycles. The molecule has 1 saturated heterocycles. The first kappa shape index (κ1) is 16.6. The van der Waals surface area contributed by atoms with Crippen molar-refractivity contribution in [2.45, 2.75) is 6.04 Å². The summed E-state index contributed by atoms with van der Waals surface area (Å²) in [7, 11) is 3.42. The van der Waals surface area contributed by atoms with Crippen LogP contribution in [0.1, 0.15) is 5.56 Å². The number of nitrogens with zero attached hydrogens (tertiary/aromatic N) is 4. The van der Waals surface area contributed by atoms with Crippen LogP contribution < -0.4 is 0 Å². The largest absolute Gasteiger partial charge is 0.412 e. The summed E-state index contributed by atoms with van der Waals surface area (Å²) in [5.74, 6) is 0.247. The molecule has 1 fully saturated rings. The van der Waals surface area contributed by atoms with E-state index in [4.69, 9.17) is 0 Å². The van der Waals surface area contributed by atoms with E-state index >= 15 is 0 Å². The molecule has 0 aliphatic carbocycles. The van der Waals surface area contributed by atoms with Gasteiger partial charge in [-0.3, -0.25) is 14.6 Å². The fourth-order valence-corrected chi connectivity index (χ4v) is 2.57. The number of fused-ring (bicyclic) bond motifs is 1. The Balaban J connectivity index is 0.00000192. The van der Waals surface area contributed by atoms with Crippen LogP contribution in [0.5, 0.6) is 0 Å². The molecule has 23 heavy (non-hydrogen) atoms. The topological polar surface area (TPSA) is 87.5 Å². The molecule has 2 N–H and O–H groups in total. The van der Waals surface area contributed by atoms with Crippen molar-refractivity contribution in [2.24, 2.45) is 4.99 Å². The van der Waals surface area contributed by atoms with Crippen molar-refractivity contribution >= 4 is 30.2 Å². The lowest BCUT2D eigenvalue weighted by Gasteiger charge is -2.32. The van der Waals surface area contributed by atoms with Gasteiger partial charge in [-0.2, -0.15) is 0 Å². The lowest BCUT2D eigenvalue weighted by Crippen LogP contribution is -2.62. The monoisotopic (exact) mass is 315 g/mol. The molecule has 3 rings (SSSR count). The normalized spacial score (nSPS) is 20.3. The van der Waals surface area contributed by atoms with Gasteiger partial charge in [-0.1, -0.05) is 42.5 Å². The van der Waals surface area contributed by atoms with Gasteiger partial charge in [0.15, 0.2) is 0 Å². The lowest BCUT2D eigenvalue weighted by atomic mass is 10.1. The van der Waals surface area contributed by atoms with Gasteiger partial charge in [0.05, 0.1) is 7.05 Å². The Kier molecular flexibility index (Phi) is 4.71. The molecule has 1 aromatic carbocycles. The summed E-state index contributed by atoms with van der Waals surface area (Å²) in [6, 6.07) is 8.90. The summed E-state index contributed by atoms with van der Waals surface area (Å²) in [6.45, 7) is 0.245. The zero-order valence-electron chi connectivity index (χ0n) is 13.0. The SMILES string of the molecule is CN1C(=O)N(C/C=C/c2ccccc2)C(=O)C2C1=NC=[N+]2C.O. The molecule has 2 heterocycles. The molecule has 1 unspecified atom stereocenters. The highest BCUT2D eigenvalue weighted by atomic mass is 16.2. The second-order valence-electron chi connectivity index (χ2n) is 5.27. The zero-order chi connectivity index (χ0) is 15.7. The van der Waals surface area contributed by atoms with Crippen LogP contribution in [0.25, 0.3) is 6.08 Å². The predicted molar refractivity (Wildman–Crippen MR) is 87.4 cm³/mol. The maximum Gasteiger partial charge on any atom is 0.334 e. The zero-order valence-corrected chi connectivity index (χ0v) is 13.0. The van der Waals surface area contributed by atoms with Crippen molar-refractivity contribution in [1.29, 1.82) is 0 Å². The van der Waals surface area contributed by atoms with Crippen molar-refractivity contribution in [3.05, 3.63) is 42.0 Å². The number of benzene rings is 1. The molecule has 0 radical (unpaired) electrons. The van der Waals surface area contributed by atoms with Gasteiger partial charge in [-0.15, -0.1) is 0 Å². The van der Waals surface area contributed by atoms with Gasteiger partial charge in [0.2, 0.25) is 0 Å². The van der Waals surface area contributed by atoms with E-state index in [0.29, 0.717) is 5.84 Å². The number of urea groups is 1. The molecular weight excluding hydrogens is 296 g/mol. The molecule has 0 spiro atoms. The molecule has 2 aliphatic rings. The number of rotatable bonds is 3. The highest BCUT2D eigenvalue weighted by Gasteiger charge is 2.50. The van der Waals surface area contributed by atoms with Crippen LogP contribution in [-0.4, -0.2) is 70.6 Å². The smallest absolute Gasteiger partial charge is 0.334 e. The Hall–Kier alpha value is -2.80. The number of hydrogen-bond acceptors (Lipinski definition) is 3. The summed E-state index contributed by atoms with van der Waals surface area (Å²) in [5.41, 5.74) is 1.03. The van der Waals surface area contributed by atoms with E-state index in [1.165, 1.54) is 9.80 Å². The minimum atomic E-state index is -0.507. The average molecular weight is 315 g/mol. The van der Waals surface area contributed by atoms with Gasteiger partial charge in [0.1, 0.15) is 0 Å². The molecule has 0 saturated carbocycles. The summed E-state index contributed by atoms with van der Waals surface area (Å²) < 4.78 is 1.72. The van der Waals surface area contributed by atoms with E-state index in [1.54, 1.807) is 25.0 Å². The molecule has 1 atom stereocenters. The summed E-state index contributed by atoms with van der Waals surface area (Å²) in [5, 5.41) is 0. The maximum atomic E-state index is 12.5. The van der Waals surface area contributed by atoms with Gasteiger partial charge in [-0.25, -0.2) is 9.37 Å². The second-order valence-corrected chi connectivity index (χ2v) is 5.27. The van der Waals surface area contributed by atoms with Gasteiger partial charge >= 0.3 is 6.03 Å². The van der Waals surface area contributed by atoms with E-state index in [9.17, 15) is 9.59 Å². The van der Waals surface area contributed by atoms with Crippen LogP contribution in [0, 0.1) is 0 Å². The van der Waals surface area contributed by atoms with Crippen molar-refractivity contribution in [1.82, 2.24) is 9.80 Å². The van der Waals surface area contributed by atoms with Gasteiger partial charge in [0, 0.05) is 13.6 Å². The van der Waals surface area contributed by atoms with Crippen molar-refractivity contribution in [2.75, 3.05) is 20.6 Å². The van der Waals surface area contributed by atoms with Crippen LogP contribution in [0.2, 0.25) is 0 Å². The van der Waals surface area contributed by atoms with Crippen molar-refractivity contribution in [3.8, 4) is 0 Å². The van der Waals surface area contributed by atoms with Gasteiger partial charge in [-0.05, 0) is 10.6 Å². The number of carbonyl (C=O) groups excluding carboxylic acids is 2. The first-order valence-corrected chi connectivity index (χ1v) is 7.03. The lowest BCUT2D eigenvalue weighted by molar-refractivity contribution is -0.500. The van der Waals surface area contributed by atoms with E-state index in [2.05, 4.69) is 4.99 Å². The Morgan fingerprint density at radius 3 is 2.65 bits per heavy atom. The predicted octanol–water partition coefficient (Wildman–Crippen LogP) is 0.220. The average Bonchev–Trinajstić information content (AvgIpc) is 2.91. The van der Waals surface area contributed by atoms with E-state index in [1.807, 2.05) is 42.5 Å². The maximum absolute atomic E-state index is 12.5. The third-order valence-corrected chi connectivity index (χ3v) is 3.78. The molecule has 7 nitrogen and oxygen atoms in total. The van der Waals surface area contributed by atoms with Crippen LogP contribution in [0.15, 0.2) is 41.4 Å². The summed E-state index contributed by atoms with van der Waals surface area (Å²) in [4.78, 5) is 31.7. The number of likely N-dealkylation sites (N-methyl/N-ethyl adjacent to an activating group) is 2. The Bertz CT molecular complexity index is 709. The number of hydrogen-bond donors (Lipinski definition) is 0. The van der Waals surface area contributed by atoms with Crippen LogP contribution in [0.3, 0.4) is 0 Å². The van der Waals surface area contributed by atoms with Crippen molar-refractivity contribution in [3.63, 3.8) is 0 Å². The molecule has 7 heteroatoms. The van der Waals surface area contributed by atoms with Crippen LogP contribution in [-0.2, 0) is 4.79 Å². The minimum absolute atomic E-state index is 0. The van der Waals surface area contributed by atoms with Crippen LogP contribution in [0.4, 0.5) is 4.79 Å². The molecule has 1 aromatic rings. The number of imide groups is 1. The highest BCUT2D eigenvalue weighted by molar-refractivity contribution is 6.21. The number of amidine groups is 1. The standard InChI is InChI=1S/C16H17N4O2.H2O/c1-18-11-17-14-13(18)15(21)20(16(22)19(14)2)10-6-9-12-7-4-3-5-8-12;/h3-9,11,13H,10H2,1-2H3;1H2/q+1;/b9-6+;. The second kappa shape index (κ2) is 6.53. The number of amides is 3. The van der Waals surface area contributed by atoms with Crippen molar-refractivity contribution < 1.29 is 19.6 Å². The molecule has 120 valence electrons. The highest BCUT2D eigenvalue weighted by Crippen LogP contribution is 2.17. The number of carbonyl (C=O) groups is 2. The number of aliphatic imine (C=N–C) groups is 1. The first-order chi connectivity index (χ1) is 10.6. The van der Waals surface area contributed by atoms with Gasteiger partial charge in [0.25, 0.3) is 24.1 Å². The van der Waals surface area contributed by atoms with Crippen LogP contribution >= 0.6 is 0 Å². The van der Waals surface area contributed by atoms with E-state index < -0.39 is 6.04 Å².